The number of carbonyl (C=O) groups is 1. The van der Waals surface area contributed by atoms with Crippen LogP contribution in [0.1, 0.15) is 31.0 Å². The van der Waals surface area contributed by atoms with Gasteiger partial charge in [-0.3, -0.25) is 14.3 Å². The minimum atomic E-state index is -0.762. The zero-order valence-corrected chi connectivity index (χ0v) is 20.3. The number of carbonyl (C=O) groups excluding carboxylic acids is 1. The van der Waals surface area contributed by atoms with E-state index in [4.69, 9.17) is 9.47 Å². The monoisotopic (exact) mass is 485 g/mol. The van der Waals surface area contributed by atoms with E-state index in [1.54, 1.807) is 44.0 Å². The number of esters is 1. The van der Waals surface area contributed by atoms with Gasteiger partial charge in [-0.05, 0) is 48.4 Å². The SMILES string of the molecule is CCOC(=O)C1=C(C)N=c2s/c(=C/c3cccnc3)c(=O)n2[C@H]1c1c(OC)ccc2ccccc12. The third-order valence-corrected chi connectivity index (χ3v) is 6.91. The molecular formula is C27H23N3O4S. The fourth-order valence-corrected chi connectivity index (χ4v) is 5.46. The first-order valence-corrected chi connectivity index (χ1v) is 12.0. The number of hydrogen-bond donors (Lipinski definition) is 0. The Labute approximate surface area is 205 Å². The van der Waals surface area contributed by atoms with Gasteiger partial charge < -0.3 is 9.47 Å². The van der Waals surface area contributed by atoms with Gasteiger partial charge in [0.1, 0.15) is 11.8 Å². The van der Waals surface area contributed by atoms with Crippen molar-refractivity contribution in [2.24, 2.45) is 4.99 Å². The summed E-state index contributed by atoms with van der Waals surface area (Å²) in [6, 6.07) is 14.6. The molecule has 4 aromatic rings. The number of benzene rings is 2. The molecule has 0 saturated heterocycles. The van der Waals surface area contributed by atoms with Gasteiger partial charge in [0.15, 0.2) is 4.80 Å². The molecule has 35 heavy (non-hydrogen) atoms. The number of thiazole rings is 1. The minimum absolute atomic E-state index is 0.209. The molecule has 2 aromatic heterocycles. The Morgan fingerprint density at radius 3 is 2.74 bits per heavy atom. The number of fused-ring (bicyclic) bond motifs is 2. The van der Waals surface area contributed by atoms with Gasteiger partial charge >= 0.3 is 5.97 Å². The van der Waals surface area contributed by atoms with Gasteiger partial charge in [0, 0.05) is 18.0 Å². The molecule has 0 saturated carbocycles. The third kappa shape index (κ3) is 3.95. The summed E-state index contributed by atoms with van der Waals surface area (Å²) in [5.74, 6) is 0.0716. The summed E-state index contributed by atoms with van der Waals surface area (Å²) >= 11 is 1.28. The van der Waals surface area contributed by atoms with E-state index in [0.29, 0.717) is 26.4 Å². The number of aromatic nitrogens is 2. The van der Waals surface area contributed by atoms with E-state index in [1.165, 1.54) is 11.3 Å². The average molecular weight is 486 g/mol. The molecule has 2 aromatic carbocycles. The molecule has 176 valence electrons. The molecule has 0 aliphatic carbocycles. The zero-order chi connectivity index (χ0) is 24.5. The van der Waals surface area contributed by atoms with Crippen molar-refractivity contribution in [3.05, 3.63) is 103 Å². The van der Waals surface area contributed by atoms with E-state index in [2.05, 4.69) is 9.98 Å². The van der Waals surface area contributed by atoms with Crippen LogP contribution in [0.3, 0.4) is 0 Å². The predicted octanol–water partition coefficient (Wildman–Crippen LogP) is 3.36. The smallest absolute Gasteiger partial charge is 0.338 e. The summed E-state index contributed by atoms with van der Waals surface area (Å²) in [6.45, 7) is 3.74. The maximum atomic E-state index is 13.8. The number of hydrogen-bond acceptors (Lipinski definition) is 7. The summed E-state index contributed by atoms with van der Waals surface area (Å²) in [5.41, 5.74) is 2.11. The second kappa shape index (κ2) is 9.31. The number of pyridine rings is 1. The van der Waals surface area contributed by atoms with E-state index in [-0.39, 0.29) is 12.2 Å². The topological polar surface area (TPSA) is 82.8 Å². The van der Waals surface area contributed by atoms with Gasteiger partial charge in [-0.1, -0.05) is 47.7 Å². The van der Waals surface area contributed by atoms with Crippen LogP contribution in [0.15, 0.2) is 82.0 Å². The first kappa shape index (κ1) is 22.7. The maximum Gasteiger partial charge on any atom is 0.338 e. The van der Waals surface area contributed by atoms with Crippen molar-refractivity contribution in [1.82, 2.24) is 9.55 Å². The molecule has 0 radical (unpaired) electrons. The van der Waals surface area contributed by atoms with Gasteiger partial charge in [0.2, 0.25) is 0 Å². The number of rotatable bonds is 5. The van der Waals surface area contributed by atoms with Crippen LogP contribution in [0.5, 0.6) is 5.75 Å². The molecule has 0 unspecified atom stereocenters. The van der Waals surface area contributed by atoms with Crippen LogP contribution < -0.4 is 19.6 Å². The second-order valence-electron chi connectivity index (χ2n) is 7.99. The first-order chi connectivity index (χ1) is 17.0. The highest BCUT2D eigenvalue weighted by Crippen LogP contribution is 2.40. The fraction of sp³-hybridized carbons (Fsp3) is 0.185. The zero-order valence-electron chi connectivity index (χ0n) is 19.5. The van der Waals surface area contributed by atoms with Crippen LogP contribution in [0.2, 0.25) is 0 Å². The molecule has 0 spiro atoms. The lowest BCUT2D eigenvalue weighted by Gasteiger charge is -2.27. The van der Waals surface area contributed by atoms with E-state index in [9.17, 15) is 9.59 Å². The Kier molecular flexibility index (Phi) is 6.05. The lowest BCUT2D eigenvalue weighted by atomic mass is 9.90. The average Bonchev–Trinajstić information content (AvgIpc) is 3.17. The molecule has 1 atom stereocenters. The number of methoxy groups -OCH3 is 1. The van der Waals surface area contributed by atoms with Crippen LogP contribution >= 0.6 is 11.3 Å². The van der Waals surface area contributed by atoms with Crippen LogP contribution in [-0.4, -0.2) is 29.2 Å². The molecule has 8 heteroatoms. The molecule has 0 fully saturated rings. The van der Waals surface area contributed by atoms with E-state index in [1.807, 2.05) is 48.5 Å². The number of nitrogens with zero attached hydrogens (tertiary/aromatic N) is 3. The minimum Gasteiger partial charge on any atom is -0.496 e. The summed E-state index contributed by atoms with van der Waals surface area (Å²) in [7, 11) is 1.58. The molecular weight excluding hydrogens is 462 g/mol. The van der Waals surface area contributed by atoms with Crippen molar-refractivity contribution in [1.29, 1.82) is 0 Å². The second-order valence-corrected chi connectivity index (χ2v) is 9.00. The van der Waals surface area contributed by atoms with Gasteiger partial charge in [0.25, 0.3) is 5.56 Å². The summed E-state index contributed by atoms with van der Waals surface area (Å²) < 4.78 is 13.3. The van der Waals surface area contributed by atoms with Crippen molar-refractivity contribution in [2.45, 2.75) is 19.9 Å². The molecule has 5 rings (SSSR count). The Morgan fingerprint density at radius 2 is 2.00 bits per heavy atom. The molecule has 1 aliphatic heterocycles. The maximum absolute atomic E-state index is 13.8. The normalized spacial score (nSPS) is 15.6. The number of ether oxygens (including phenoxy) is 2. The van der Waals surface area contributed by atoms with Gasteiger partial charge in [-0.25, -0.2) is 9.79 Å². The standard InChI is InChI=1S/C27H23N3O4S/c1-4-34-26(32)22-16(2)29-27-30(25(31)21(35-27)14-17-8-7-13-28-15-17)24(22)23-19-10-6-5-9-18(19)11-12-20(23)33-3/h5-15,24H,4H2,1-3H3/b21-14+/t24-/m1/s1. The highest BCUT2D eigenvalue weighted by molar-refractivity contribution is 7.07. The van der Waals surface area contributed by atoms with Gasteiger partial charge in [-0.2, -0.15) is 0 Å². The Balaban J connectivity index is 1.86. The third-order valence-electron chi connectivity index (χ3n) is 5.92. The van der Waals surface area contributed by atoms with Crippen molar-refractivity contribution in [3.8, 4) is 5.75 Å². The van der Waals surface area contributed by atoms with E-state index < -0.39 is 12.0 Å². The molecule has 0 bridgehead atoms. The largest absolute Gasteiger partial charge is 0.496 e. The summed E-state index contributed by atoms with van der Waals surface area (Å²) in [4.78, 5) is 36.3. The molecule has 0 amide bonds. The van der Waals surface area contributed by atoms with Crippen molar-refractivity contribution in [3.63, 3.8) is 0 Å². The Morgan fingerprint density at radius 1 is 1.17 bits per heavy atom. The van der Waals surface area contributed by atoms with Crippen molar-refractivity contribution >= 4 is 34.2 Å². The molecule has 0 N–H and O–H groups in total. The summed E-state index contributed by atoms with van der Waals surface area (Å²) in [6.07, 6.45) is 5.16. The quantitative estimate of drug-likeness (QED) is 0.405. The summed E-state index contributed by atoms with van der Waals surface area (Å²) in [5, 5.41) is 1.86. The molecule has 1 aliphatic rings. The number of allylic oxidation sites excluding steroid dienone is 1. The van der Waals surface area contributed by atoms with E-state index >= 15 is 0 Å². The van der Waals surface area contributed by atoms with Crippen LogP contribution in [-0.2, 0) is 9.53 Å². The Bertz CT molecular complexity index is 1650. The lowest BCUT2D eigenvalue weighted by Crippen LogP contribution is -2.40. The van der Waals surface area contributed by atoms with E-state index in [0.717, 1.165) is 21.9 Å². The first-order valence-electron chi connectivity index (χ1n) is 11.2. The predicted molar refractivity (Wildman–Crippen MR) is 135 cm³/mol. The highest BCUT2D eigenvalue weighted by Gasteiger charge is 2.36. The Hall–Kier alpha value is -4.04. The van der Waals surface area contributed by atoms with Crippen LogP contribution in [0.25, 0.3) is 16.8 Å². The van der Waals surface area contributed by atoms with Crippen LogP contribution in [0.4, 0.5) is 0 Å². The van der Waals surface area contributed by atoms with Gasteiger partial charge in [-0.15, -0.1) is 0 Å². The molecule has 7 nitrogen and oxygen atoms in total. The van der Waals surface area contributed by atoms with Crippen molar-refractivity contribution in [2.75, 3.05) is 13.7 Å². The van der Waals surface area contributed by atoms with Crippen LogP contribution in [0, 0.1) is 0 Å². The lowest BCUT2D eigenvalue weighted by molar-refractivity contribution is -0.139. The molecule has 3 heterocycles. The highest BCUT2D eigenvalue weighted by atomic mass is 32.1. The van der Waals surface area contributed by atoms with Gasteiger partial charge in [0.05, 0.1) is 29.5 Å². The van der Waals surface area contributed by atoms with Crippen molar-refractivity contribution < 1.29 is 14.3 Å². The fourth-order valence-electron chi connectivity index (χ4n) is 4.41.